The topological polar surface area (TPSA) is 24.9 Å². The monoisotopic (exact) mass is 212 g/mol. The molecule has 1 saturated heterocycles. The summed E-state index contributed by atoms with van der Waals surface area (Å²) in [5.41, 5.74) is 1.17. The Hall–Kier alpha value is -1.41. The molecule has 2 nitrogen and oxygen atoms in total. The average molecular weight is 212 g/mol. The molecule has 1 fully saturated rings. The van der Waals surface area contributed by atoms with Crippen LogP contribution in [0, 0.1) is 5.92 Å². The molecular weight excluding hydrogens is 196 g/mol. The number of allylic oxidation sites excluding steroid dienone is 2. The van der Waals surface area contributed by atoms with Gasteiger partial charge in [0, 0.05) is 18.3 Å². The third-order valence-electron chi connectivity index (χ3n) is 3.48. The second-order valence-corrected chi connectivity index (χ2v) is 4.51. The first kappa shape index (κ1) is 9.79. The average Bonchev–Trinajstić information content (AvgIpc) is 2.39. The van der Waals surface area contributed by atoms with Crippen molar-refractivity contribution in [1.82, 2.24) is 10.3 Å². The third-order valence-corrected chi connectivity index (χ3v) is 3.48. The number of nitrogens with zero attached hydrogens (tertiary/aromatic N) is 1. The molecule has 2 aliphatic rings. The highest BCUT2D eigenvalue weighted by Gasteiger charge is 2.28. The molecule has 0 radical (unpaired) electrons. The Morgan fingerprint density at radius 3 is 2.94 bits per heavy atom. The minimum Gasteiger partial charge on any atom is -0.302 e. The van der Waals surface area contributed by atoms with Gasteiger partial charge in [0.1, 0.15) is 0 Å². The van der Waals surface area contributed by atoms with Crippen LogP contribution in [0.25, 0.3) is 0 Å². The van der Waals surface area contributed by atoms with Crippen molar-refractivity contribution in [3.63, 3.8) is 0 Å². The van der Waals surface area contributed by atoms with Crippen molar-refractivity contribution < 1.29 is 0 Å². The lowest BCUT2D eigenvalue weighted by Crippen LogP contribution is -2.42. The Kier molecular flexibility index (Phi) is 2.58. The zero-order valence-electron chi connectivity index (χ0n) is 9.21. The molecule has 82 valence electrons. The van der Waals surface area contributed by atoms with E-state index in [1.165, 1.54) is 18.5 Å². The van der Waals surface area contributed by atoms with Crippen molar-refractivity contribution in [1.29, 1.82) is 0 Å². The highest BCUT2D eigenvalue weighted by atomic mass is 15.0. The SMILES string of the molecule is C1=CC2N[C@@H](c3ccccn3)CC[C@H]2C=C1. The Bertz CT molecular complexity index is 408. The summed E-state index contributed by atoms with van der Waals surface area (Å²) in [7, 11) is 0. The molecule has 1 aliphatic carbocycles. The molecule has 16 heavy (non-hydrogen) atoms. The van der Waals surface area contributed by atoms with Crippen LogP contribution < -0.4 is 5.32 Å². The molecule has 0 spiro atoms. The fourth-order valence-electron chi connectivity index (χ4n) is 2.60. The minimum atomic E-state index is 0.415. The number of hydrogen-bond acceptors (Lipinski definition) is 2. The van der Waals surface area contributed by atoms with Gasteiger partial charge in [-0.3, -0.25) is 4.98 Å². The van der Waals surface area contributed by atoms with Gasteiger partial charge in [0.2, 0.25) is 0 Å². The van der Waals surface area contributed by atoms with Crippen LogP contribution in [0.1, 0.15) is 24.6 Å². The molecule has 1 unspecified atom stereocenters. The lowest BCUT2D eigenvalue weighted by Gasteiger charge is -2.35. The molecule has 1 N–H and O–H groups in total. The van der Waals surface area contributed by atoms with E-state index in [2.05, 4.69) is 46.7 Å². The number of pyridine rings is 1. The second-order valence-electron chi connectivity index (χ2n) is 4.51. The summed E-state index contributed by atoms with van der Waals surface area (Å²) >= 11 is 0. The molecule has 0 amide bonds. The molecular formula is C14H16N2. The lowest BCUT2D eigenvalue weighted by molar-refractivity contribution is 0.299. The van der Waals surface area contributed by atoms with Gasteiger partial charge in [-0.1, -0.05) is 30.4 Å². The molecule has 3 atom stereocenters. The van der Waals surface area contributed by atoms with Crippen molar-refractivity contribution in [3.05, 3.63) is 54.4 Å². The van der Waals surface area contributed by atoms with Crippen molar-refractivity contribution in [2.24, 2.45) is 5.92 Å². The molecule has 0 saturated carbocycles. The third kappa shape index (κ3) is 1.81. The summed E-state index contributed by atoms with van der Waals surface area (Å²) in [6, 6.07) is 7.05. The number of rotatable bonds is 1. The van der Waals surface area contributed by atoms with E-state index in [4.69, 9.17) is 0 Å². The van der Waals surface area contributed by atoms with Crippen molar-refractivity contribution in [2.75, 3.05) is 0 Å². The summed E-state index contributed by atoms with van der Waals surface area (Å²) in [5.74, 6) is 0.671. The first-order valence-electron chi connectivity index (χ1n) is 5.95. The van der Waals surface area contributed by atoms with Crippen LogP contribution in [-0.4, -0.2) is 11.0 Å². The first-order valence-corrected chi connectivity index (χ1v) is 5.95. The zero-order chi connectivity index (χ0) is 10.8. The Balaban J connectivity index is 1.76. The maximum atomic E-state index is 4.44. The maximum absolute atomic E-state index is 4.44. The van der Waals surface area contributed by atoms with Crippen LogP contribution >= 0.6 is 0 Å². The van der Waals surface area contributed by atoms with Gasteiger partial charge in [-0.15, -0.1) is 0 Å². The Morgan fingerprint density at radius 1 is 1.12 bits per heavy atom. The van der Waals surface area contributed by atoms with E-state index >= 15 is 0 Å². The number of nitrogens with one attached hydrogen (secondary N) is 1. The van der Waals surface area contributed by atoms with E-state index in [1.807, 2.05) is 12.3 Å². The molecule has 1 aliphatic heterocycles. The van der Waals surface area contributed by atoms with Gasteiger partial charge in [0.05, 0.1) is 5.69 Å². The normalized spacial score (nSPS) is 32.4. The lowest BCUT2D eigenvalue weighted by atomic mass is 9.84. The number of hydrogen-bond donors (Lipinski definition) is 1. The summed E-state index contributed by atoms with van der Waals surface area (Å²) < 4.78 is 0. The van der Waals surface area contributed by atoms with Crippen molar-refractivity contribution in [3.8, 4) is 0 Å². The summed E-state index contributed by atoms with van der Waals surface area (Å²) in [4.78, 5) is 4.44. The molecule has 2 heteroatoms. The van der Waals surface area contributed by atoms with E-state index in [0.717, 1.165) is 0 Å². The summed E-state index contributed by atoms with van der Waals surface area (Å²) in [6.07, 6.45) is 13.2. The smallest absolute Gasteiger partial charge is 0.0573 e. The van der Waals surface area contributed by atoms with Crippen LogP contribution in [0.15, 0.2) is 48.7 Å². The molecule has 2 heterocycles. The van der Waals surface area contributed by atoms with Crippen LogP contribution in [0.5, 0.6) is 0 Å². The zero-order valence-corrected chi connectivity index (χ0v) is 9.21. The second kappa shape index (κ2) is 4.22. The van der Waals surface area contributed by atoms with Crippen molar-refractivity contribution >= 4 is 0 Å². The van der Waals surface area contributed by atoms with E-state index in [0.29, 0.717) is 18.0 Å². The first-order chi connectivity index (χ1) is 7.93. The number of aromatic nitrogens is 1. The summed E-state index contributed by atoms with van der Waals surface area (Å²) in [5, 5.41) is 3.67. The molecule has 1 aromatic rings. The van der Waals surface area contributed by atoms with Gasteiger partial charge in [0.15, 0.2) is 0 Å². The molecule has 0 aromatic carbocycles. The van der Waals surface area contributed by atoms with Crippen LogP contribution in [0.2, 0.25) is 0 Å². The highest BCUT2D eigenvalue weighted by molar-refractivity contribution is 5.20. The Labute approximate surface area is 96.1 Å². The largest absolute Gasteiger partial charge is 0.302 e. The standard InChI is InChI=1S/C14H16N2/c1-2-6-12-11(5-1)8-9-14(16-12)13-7-3-4-10-15-13/h1-7,10-12,14,16H,8-9H2/t11-,12?,14-/m1/s1. The van der Waals surface area contributed by atoms with E-state index in [-0.39, 0.29) is 0 Å². The van der Waals surface area contributed by atoms with Gasteiger partial charge >= 0.3 is 0 Å². The number of piperidine rings is 1. The molecule has 3 rings (SSSR count). The fourth-order valence-corrected chi connectivity index (χ4v) is 2.60. The predicted octanol–water partition coefficient (Wildman–Crippen LogP) is 2.62. The molecule has 1 aromatic heterocycles. The maximum Gasteiger partial charge on any atom is 0.0573 e. The molecule has 0 bridgehead atoms. The van der Waals surface area contributed by atoms with Gasteiger partial charge in [-0.05, 0) is 30.9 Å². The van der Waals surface area contributed by atoms with E-state index < -0.39 is 0 Å². The van der Waals surface area contributed by atoms with Crippen LogP contribution in [0.4, 0.5) is 0 Å². The highest BCUT2D eigenvalue weighted by Crippen LogP contribution is 2.30. The van der Waals surface area contributed by atoms with Crippen molar-refractivity contribution in [2.45, 2.75) is 24.9 Å². The van der Waals surface area contributed by atoms with Crippen LogP contribution in [-0.2, 0) is 0 Å². The Morgan fingerprint density at radius 2 is 2.06 bits per heavy atom. The predicted molar refractivity (Wildman–Crippen MR) is 64.9 cm³/mol. The van der Waals surface area contributed by atoms with Gasteiger partial charge in [-0.25, -0.2) is 0 Å². The fraction of sp³-hybridized carbons (Fsp3) is 0.357. The quantitative estimate of drug-likeness (QED) is 0.774. The van der Waals surface area contributed by atoms with Gasteiger partial charge in [-0.2, -0.15) is 0 Å². The summed E-state index contributed by atoms with van der Waals surface area (Å²) in [6.45, 7) is 0. The minimum absolute atomic E-state index is 0.415. The number of fused-ring (bicyclic) bond motifs is 1. The van der Waals surface area contributed by atoms with E-state index in [9.17, 15) is 0 Å². The van der Waals surface area contributed by atoms with Gasteiger partial charge in [0.25, 0.3) is 0 Å². The van der Waals surface area contributed by atoms with Crippen LogP contribution in [0.3, 0.4) is 0 Å². The van der Waals surface area contributed by atoms with E-state index in [1.54, 1.807) is 0 Å². The van der Waals surface area contributed by atoms with Gasteiger partial charge < -0.3 is 5.32 Å².